The number of piperidine rings is 1. The number of sulfonamides is 1. The molecule has 1 saturated heterocycles. The molecule has 32 heavy (non-hydrogen) atoms. The second kappa shape index (κ2) is 10.7. The Balaban J connectivity index is 1.73. The molecular weight excluding hydrogens is 426 g/mol. The fourth-order valence-corrected chi connectivity index (χ4v) is 5.34. The Morgan fingerprint density at radius 2 is 1.72 bits per heavy atom. The Morgan fingerprint density at radius 1 is 1.00 bits per heavy atom. The number of hydrogen-bond donors (Lipinski definition) is 2. The summed E-state index contributed by atoms with van der Waals surface area (Å²) in [6.07, 6.45) is 3.51. The average Bonchev–Trinajstić information content (AvgIpc) is 2.83. The minimum Gasteiger partial charge on any atom is -0.350 e. The van der Waals surface area contributed by atoms with Gasteiger partial charge < -0.3 is 10.6 Å². The summed E-state index contributed by atoms with van der Waals surface area (Å²) < 4.78 is 27.7. The maximum absolute atomic E-state index is 13.1. The summed E-state index contributed by atoms with van der Waals surface area (Å²) in [6, 6.07) is 13.4. The Morgan fingerprint density at radius 3 is 2.44 bits per heavy atom. The minimum atomic E-state index is -3.73. The topological polar surface area (TPSA) is 95.6 Å². The summed E-state index contributed by atoms with van der Waals surface area (Å²) in [6.45, 7) is 5.08. The monoisotopic (exact) mass is 457 g/mol. The SMILES string of the molecule is CCC(C)NC(=O)c1cccc(CNC(=O)c2ccccc2S(=O)(=O)N2CCCCC2)c1. The number of nitrogens with one attached hydrogen (secondary N) is 2. The van der Waals surface area contributed by atoms with Crippen molar-refractivity contribution in [1.29, 1.82) is 0 Å². The number of carbonyl (C=O) groups excluding carboxylic acids is 2. The zero-order valence-electron chi connectivity index (χ0n) is 18.6. The molecule has 2 N–H and O–H groups in total. The van der Waals surface area contributed by atoms with Gasteiger partial charge in [-0.2, -0.15) is 4.31 Å². The van der Waals surface area contributed by atoms with Crippen LogP contribution in [0.4, 0.5) is 0 Å². The van der Waals surface area contributed by atoms with Gasteiger partial charge in [0.05, 0.1) is 10.5 Å². The first kappa shape index (κ1) is 23.9. The zero-order valence-corrected chi connectivity index (χ0v) is 19.5. The van der Waals surface area contributed by atoms with Gasteiger partial charge in [0.2, 0.25) is 10.0 Å². The molecule has 0 bridgehead atoms. The molecule has 172 valence electrons. The van der Waals surface area contributed by atoms with E-state index in [2.05, 4.69) is 10.6 Å². The molecule has 0 aliphatic carbocycles. The van der Waals surface area contributed by atoms with Crippen molar-refractivity contribution in [3.05, 3.63) is 65.2 Å². The molecule has 2 aromatic carbocycles. The molecule has 1 heterocycles. The van der Waals surface area contributed by atoms with Crippen LogP contribution in [0.25, 0.3) is 0 Å². The first-order valence-corrected chi connectivity index (χ1v) is 12.5. The fourth-order valence-electron chi connectivity index (χ4n) is 3.63. The van der Waals surface area contributed by atoms with E-state index < -0.39 is 15.9 Å². The molecule has 1 aliphatic heterocycles. The van der Waals surface area contributed by atoms with E-state index in [1.165, 1.54) is 16.4 Å². The minimum absolute atomic E-state index is 0.0288. The predicted molar refractivity (Wildman–Crippen MR) is 124 cm³/mol. The maximum atomic E-state index is 13.1. The van der Waals surface area contributed by atoms with Gasteiger partial charge in [0.1, 0.15) is 0 Å². The summed E-state index contributed by atoms with van der Waals surface area (Å²) in [5, 5.41) is 5.72. The van der Waals surface area contributed by atoms with Crippen LogP contribution >= 0.6 is 0 Å². The van der Waals surface area contributed by atoms with Gasteiger partial charge in [0.25, 0.3) is 11.8 Å². The van der Waals surface area contributed by atoms with Crippen molar-refractivity contribution in [3.63, 3.8) is 0 Å². The second-order valence-corrected chi connectivity index (χ2v) is 10.0. The summed E-state index contributed by atoms with van der Waals surface area (Å²) in [5.74, 6) is -0.624. The van der Waals surface area contributed by atoms with E-state index in [1.807, 2.05) is 19.9 Å². The average molecular weight is 458 g/mol. The highest BCUT2D eigenvalue weighted by atomic mass is 32.2. The number of hydrogen-bond acceptors (Lipinski definition) is 4. The smallest absolute Gasteiger partial charge is 0.252 e. The molecule has 2 amide bonds. The summed E-state index contributed by atoms with van der Waals surface area (Å²) in [4.78, 5) is 25.3. The molecule has 8 heteroatoms. The fraction of sp³-hybridized carbons (Fsp3) is 0.417. The molecule has 1 fully saturated rings. The van der Waals surface area contributed by atoms with Crippen LogP contribution in [0.15, 0.2) is 53.4 Å². The first-order chi connectivity index (χ1) is 15.3. The van der Waals surface area contributed by atoms with Gasteiger partial charge in [-0.15, -0.1) is 0 Å². The van der Waals surface area contributed by atoms with Crippen LogP contribution < -0.4 is 10.6 Å². The standard InChI is InChI=1S/C24H31N3O4S/c1-3-18(2)26-23(28)20-11-9-10-19(16-20)17-25-24(29)21-12-5-6-13-22(21)32(30,31)27-14-7-4-8-15-27/h5-6,9-13,16,18H,3-4,7-8,14-15,17H2,1-2H3,(H,25,29)(H,26,28). The van der Waals surface area contributed by atoms with Crippen molar-refractivity contribution < 1.29 is 18.0 Å². The molecule has 0 saturated carbocycles. The molecule has 1 unspecified atom stereocenters. The van der Waals surface area contributed by atoms with Crippen molar-refractivity contribution in [1.82, 2.24) is 14.9 Å². The normalized spacial score (nSPS) is 15.7. The zero-order chi connectivity index (χ0) is 23.1. The van der Waals surface area contributed by atoms with Gasteiger partial charge in [0, 0.05) is 31.2 Å². The third kappa shape index (κ3) is 5.75. The molecule has 0 aromatic heterocycles. The van der Waals surface area contributed by atoms with Gasteiger partial charge in [-0.25, -0.2) is 8.42 Å². The van der Waals surface area contributed by atoms with Gasteiger partial charge >= 0.3 is 0 Å². The van der Waals surface area contributed by atoms with E-state index in [9.17, 15) is 18.0 Å². The molecule has 1 atom stereocenters. The van der Waals surface area contributed by atoms with Crippen molar-refractivity contribution in [3.8, 4) is 0 Å². The van der Waals surface area contributed by atoms with Crippen LogP contribution in [-0.4, -0.2) is 43.7 Å². The van der Waals surface area contributed by atoms with Crippen LogP contribution in [0.3, 0.4) is 0 Å². The lowest BCUT2D eigenvalue weighted by atomic mass is 10.1. The van der Waals surface area contributed by atoms with E-state index in [4.69, 9.17) is 0 Å². The third-order valence-electron chi connectivity index (χ3n) is 5.70. The van der Waals surface area contributed by atoms with Crippen molar-refractivity contribution in [2.24, 2.45) is 0 Å². The Labute approximate surface area is 190 Å². The van der Waals surface area contributed by atoms with Gasteiger partial charge in [-0.05, 0) is 56.0 Å². The lowest BCUT2D eigenvalue weighted by Gasteiger charge is -2.26. The summed E-state index contributed by atoms with van der Waals surface area (Å²) in [7, 11) is -3.73. The molecular formula is C24H31N3O4S. The van der Waals surface area contributed by atoms with Gasteiger partial charge in [-0.1, -0.05) is 37.6 Å². The van der Waals surface area contributed by atoms with Crippen LogP contribution in [0.5, 0.6) is 0 Å². The lowest BCUT2D eigenvalue weighted by Crippen LogP contribution is -2.37. The highest BCUT2D eigenvalue weighted by molar-refractivity contribution is 7.89. The summed E-state index contributed by atoms with van der Waals surface area (Å²) >= 11 is 0. The second-order valence-electron chi connectivity index (χ2n) is 8.13. The molecule has 2 aromatic rings. The largest absolute Gasteiger partial charge is 0.350 e. The highest BCUT2D eigenvalue weighted by Crippen LogP contribution is 2.23. The molecule has 1 aliphatic rings. The Bertz CT molecular complexity index is 1060. The Kier molecular flexibility index (Phi) is 8.04. The first-order valence-electron chi connectivity index (χ1n) is 11.1. The lowest BCUT2D eigenvalue weighted by molar-refractivity contribution is 0.0936. The Hall–Kier alpha value is -2.71. The van der Waals surface area contributed by atoms with E-state index in [1.54, 1.807) is 30.3 Å². The quantitative estimate of drug-likeness (QED) is 0.636. The van der Waals surface area contributed by atoms with Crippen molar-refractivity contribution in [2.45, 2.75) is 57.0 Å². The number of benzene rings is 2. The molecule has 0 spiro atoms. The van der Waals surface area contributed by atoms with Crippen LogP contribution in [-0.2, 0) is 16.6 Å². The number of rotatable bonds is 8. The van der Waals surface area contributed by atoms with E-state index >= 15 is 0 Å². The highest BCUT2D eigenvalue weighted by Gasteiger charge is 2.29. The third-order valence-corrected chi connectivity index (χ3v) is 7.65. The van der Waals surface area contributed by atoms with Crippen molar-refractivity contribution >= 4 is 21.8 Å². The predicted octanol–water partition coefficient (Wildman–Crippen LogP) is 3.32. The van der Waals surface area contributed by atoms with Crippen LogP contribution in [0, 0.1) is 0 Å². The number of amides is 2. The van der Waals surface area contributed by atoms with Gasteiger partial charge in [0.15, 0.2) is 0 Å². The van der Waals surface area contributed by atoms with E-state index in [-0.39, 0.29) is 29.0 Å². The number of carbonyl (C=O) groups is 2. The van der Waals surface area contributed by atoms with Crippen LogP contribution in [0.1, 0.15) is 65.8 Å². The van der Waals surface area contributed by atoms with E-state index in [0.29, 0.717) is 18.7 Å². The molecule has 0 radical (unpaired) electrons. The van der Waals surface area contributed by atoms with Crippen molar-refractivity contribution in [2.75, 3.05) is 13.1 Å². The number of nitrogens with zero attached hydrogens (tertiary/aromatic N) is 1. The van der Waals surface area contributed by atoms with Crippen LogP contribution in [0.2, 0.25) is 0 Å². The molecule has 7 nitrogen and oxygen atoms in total. The summed E-state index contributed by atoms with van der Waals surface area (Å²) in [5.41, 5.74) is 1.40. The maximum Gasteiger partial charge on any atom is 0.252 e. The van der Waals surface area contributed by atoms with Gasteiger partial charge in [-0.3, -0.25) is 9.59 Å². The molecule has 3 rings (SSSR count). The van der Waals surface area contributed by atoms with E-state index in [0.717, 1.165) is 31.2 Å².